The molecule has 6 fully saturated rings. The van der Waals surface area contributed by atoms with Crippen molar-refractivity contribution < 1.29 is 79.2 Å². The predicted molar refractivity (Wildman–Crippen MR) is 481 cm³/mol. The smallest absolute Gasteiger partial charge is 0.446 e. The predicted octanol–water partition coefficient (Wildman–Crippen LogP) is 18.2. The Bertz CT molecular complexity index is 5090. The van der Waals surface area contributed by atoms with E-state index in [4.69, 9.17) is 58.5 Å². The maximum absolute atomic E-state index is 14.3. The molecule has 8 N–H and O–H groups in total. The maximum Gasteiger partial charge on any atom is 0.446 e. The van der Waals surface area contributed by atoms with Crippen molar-refractivity contribution in [2.45, 2.75) is 134 Å². The number of carbonyl (C=O) groups is 6. The molecule has 0 aliphatic carbocycles. The highest BCUT2D eigenvalue weighted by molar-refractivity contribution is 6.35. The third kappa shape index (κ3) is 28.9. The van der Waals surface area contributed by atoms with Crippen LogP contribution in [0.2, 0.25) is 15.1 Å². The fourth-order valence-electron chi connectivity index (χ4n) is 15.1. The molecule has 3 amide bonds. The molecule has 0 saturated carbocycles. The number of esters is 1. The summed E-state index contributed by atoms with van der Waals surface area (Å²) in [4.78, 5) is 105. The third-order valence-electron chi connectivity index (χ3n) is 21.8. The quantitative estimate of drug-likeness (QED) is 0.0135. The van der Waals surface area contributed by atoms with E-state index in [0.717, 1.165) is 145 Å². The number of para-hydroxylation sites is 3. The zero-order valence-corrected chi connectivity index (χ0v) is 73.3. The molecule has 6 aliphatic rings. The number of aromatic nitrogens is 6. The Morgan fingerprint density at radius 3 is 1.06 bits per heavy atom. The molecule has 15 rings (SSSR count). The van der Waals surface area contributed by atoms with Crippen LogP contribution in [0.25, 0.3) is 0 Å². The summed E-state index contributed by atoms with van der Waals surface area (Å²) in [5, 5.41) is 30.3. The van der Waals surface area contributed by atoms with Gasteiger partial charge in [0, 0.05) is 125 Å². The van der Waals surface area contributed by atoms with E-state index in [2.05, 4.69) is 94.0 Å². The van der Waals surface area contributed by atoms with E-state index in [1.807, 2.05) is 67.6 Å². The number of nitrogens with zero attached hydrogens (tertiary/aromatic N) is 9. The summed E-state index contributed by atoms with van der Waals surface area (Å²) in [6.45, 7) is 11.3. The Morgan fingerprint density at radius 2 is 0.787 bits per heavy atom. The molecule has 0 bridgehead atoms. The van der Waals surface area contributed by atoms with Crippen molar-refractivity contribution in [3.05, 3.63) is 212 Å². The standard InChI is InChI=1S/C31H35ClFN5O4.C29H31ClFN5O4.C27H30ClFN6O2.C2HF3O.2ClH/c1-2-41-30(40)20-14-16-38(17-15-20)22-10-8-21(9-11-22)35-31-34-19-24(27(36-31)13-12-23-5-4-18-42-23)29(39)37-28-25(32)6-3-7-26(28)33;30-23-4-1-5-24(31)26(23)35-27(37)22-17-32-29(34-25(22)11-10-21-3-2-16-40-21)33-19-6-8-20(9-7-19)36-14-12-18(13-15-36)28(38)39;28-22-4-1-5-23(29)25(22)34-26(36)21-17-31-27(33-24(21)11-10-20-3-2-16-37-20)32-18-6-8-19(9-7-18)35-14-12-30-13-15-35;3-2(4,5)1-6;;/h3,6-11,19-20,23H,2,4-5,12-18H2,1H3,(H,37,39)(H,34,35,36);1,4-9,17-18,21H,2-3,10-16H2,(H,35,37)(H,38,39)(H,32,33,34);1,4-9,17,20,30H,2-3,10-16H2,(H,34,36)(H,31,32,33);1H;2*1H. The number of rotatable bonds is 27. The molecule has 6 aromatic carbocycles. The highest BCUT2D eigenvalue weighted by Crippen LogP contribution is 2.34. The number of aldehydes is 1. The minimum absolute atomic E-state index is 0. The molecule has 9 heterocycles. The molecular formula is C89H99Cl5F6N16O11. The highest BCUT2D eigenvalue weighted by atomic mass is 35.5. The van der Waals surface area contributed by atoms with E-state index in [9.17, 15) is 55.4 Å². The van der Waals surface area contributed by atoms with Gasteiger partial charge in [-0.2, -0.15) is 13.2 Å². The Balaban J connectivity index is 0.000000191. The largest absolute Gasteiger partial charge is 0.481 e. The van der Waals surface area contributed by atoms with E-state index in [0.29, 0.717) is 99.6 Å². The Morgan fingerprint density at radius 1 is 0.480 bits per heavy atom. The summed E-state index contributed by atoms with van der Waals surface area (Å²) < 4.78 is 96.6. The number of carboxylic acids is 1. The number of aliphatic carboxylic acids is 1. The average Bonchev–Trinajstić information content (AvgIpc) is 1.14. The normalized spacial score (nSPS) is 16.9. The van der Waals surface area contributed by atoms with Crippen LogP contribution >= 0.6 is 59.6 Å². The zero-order valence-electron chi connectivity index (χ0n) is 69.4. The van der Waals surface area contributed by atoms with E-state index in [1.54, 1.807) is 0 Å². The summed E-state index contributed by atoms with van der Waals surface area (Å²) in [5.41, 5.74) is 7.82. The van der Waals surface area contributed by atoms with Crippen LogP contribution in [0.4, 0.5) is 95.4 Å². The summed E-state index contributed by atoms with van der Waals surface area (Å²) in [7, 11) is 0. The maximum atomic E-state index is 14.3. The lowest BCUT2D eigenvalue weighted by molar-refractivity contribution is -0.156. The first-order valence-corrected chi connectivity index (χ1v) is 42.7. The van der Waals surface area contributed by atoms with Gasteiger partial charge in [0.15, 0.2) is 0 Å². The first-order valence-electron chi connectivity index (χ1n) is 41.6. The van der Waals surface area contributed by atoms with Crippen LogP contribution in [-0.4, -0.2) is 174 Å². The lowest BCUT2D eigenvalue weighted by Gasteiger charge is -2.32. The molecule has 3 aromatic heterocycles. The van der Waals surface area contributed by atoms with Crippen molar-refractivity contribution in [3.8, 4) is 0 Å². The van der Waals surface area contributed by atoms with Gasteiger partial charge in [0.05, 0.1) is 103 Å². The number of piperidine rings is 2. The number of amides is 3. The van der Waals surface area contributed by atoms with Gasteiger partial charge in [0.1, 0.15) is 17.5 Å². The van der Waals surface area contributed by atoms with Crippen LogP contribution < -0.4 is 51.9 Å². The summed E-state index contributed by atoms with van der Waals surface area (Å²) in [6.07, 6.45) is 11.4. The number of carbonyl (C=O) groups excluding carboxylic acids is 5. The van der Waals surface area contributed by atoms with Gasteiger partial charge in [-0.15, -0.1) is 24.8 Å². The number of anilines is 12. The molecular weight excluding hydrogens is 1760 g/mol. The minimum atomic E-state index is -4.64. The number of alkyl halides is 3. The molecule has 3 unspecified atom stereocenters. The van der Waals surface area contributed by atoms with Crippen molar-refractivity contribution in [1.82, 2.24) is 35.2 Å². The van der Waals surface area contributed by atoms with Crippen molar-refractivity contribution in [2.75, 3.05) is 125 Å². The van der Waals surface area contributed by atoms with Gasteiger partial charge in [-0.25, -0.2) is 43.1 Å². The molecule has 127 heavy (non-hydrogen) atoms. The Labute approximate surface area is 758 Å². The SMILES string of the molecule is CCOC(=O)C1CCN(c2ccc(Nc3ncc(C(=O)Nc4c(F)cccc4Cl)c(CCC4CCCO4)n3)cc2)CC1.Cl.Cl.O=C(Nc1c(F)cccc1Cl)c1cnc(Nc2ccc(N3CCC(C(=O)O)CC3)cc2)nc1CCC1CCCO1.O=C(Nc1c(F)cccc1Cl)c1cnc(Nc2ccc(N3CCNCC3)cc2)nc1CCC1CCCO1.O=CC(F)(F)F. The minimum Gasteiger partial charge on any atom is -0.481 e. The second-order valence-electron chi connectivity index (χ2n) is 30.4. The molecule has 38 heteroatoms. The van der Waals surface area contributed by atoms with E-state index in [1.165, 1.54) is 78.9 Å². The van der Waals surface area contributed by atoms with Gasteiger partial charge >= 0.3 is 18.1 Å². The average molecular weight is 1860 g/mol. The number of aryl methyl sites for hydroxylation is 3. The number of halogens is 11. The topological polar surface area (TPSA) is 331 Å². The second-order valence-corrected chi connectivity index (χ2v) is 31.6. The first-order chi connectivity index (χ1) is 60.4. The van der Waals surface area contributed by atoms with Crippen LogP contribution in [0, 0.1) is 29.3 Å². The zero-order chi connectivity index (χ0) is 88.4. The number of piperazine rings is 1. The third-order valence-corrected chi connectivity index (χ3v) is 22.7. The van der Waals surface area contributed by atoms with Gasteiger partial charge in [-0.3, -0.25) is 28.8 Å². The lowest BCUT2D eigenvalue weighted by atomic mass is 9.96. The van der Waals surface area contributed by atoms with Crippen molar-refractivity contribution >= 4 is 165 Å². The number of carboxylic acid groups (broad SMARTS) is 1. The number of hydrogen-bond acceptors (Lipinski definition) is 23. The van der Waals surface area contributed by atoms with E-state index >= 15 is 0 Å². The van der Waals surface area contributed by atoms with Crippen LogP contribution in [0.3, 0.4) is 0 Å². The van der Waals surface area contributed by atoms with Crippen LogP contribution in [0.5, 0.6) is 0 Å². The number of nitrogens with one attached hydrogen (secondary N) is 7. The van der Waals surface area contributed by atoms with E-state index < -0.39 is 53.6 Å². The first kappa shape index (κ1) is 98.4. The molecule has 27 nitrogen and oxygen atoms in total. The van der Waals surface area contributed by atoms with Gasteiger partial charge in [0.2, 0.25) is 24.1 Å². The Hall–Kier alpha value is -10.8. The van der Waals surface area contributed by atoms with Crippen LogP contribution in [-0.2, 0) is 52.6 Å². The van der Waals surface area contributed by atoms with Crippen LogP contribution in [0.1, 0.15) is 139 Å². The van der Waals surface area contributed by atoms with Gasteiger partial charge in [-0.05, 0) is 219 Å². The number of benzene rings is 6. The summed E-state index contributed by atoms with van der Waals surface area (Å²) in [5.74, 6) is -3.54. The van der Waals surface area contributed by atoms with Gasteiger partial charge in [-0.1, -0.05) is 53.0 Å². The van der Waals surface area contributed by atoms with Crippen molar-refractivity contribution in [1.29, 1.82) is 0 Å². The molecule has 0 spiro atoms. The fraction of sp³-hybridized carbons (Fsp3) is 0.393. The second kappa shape index (κ2) is 48.4. The number of hydrogen-bond donors (Lipinski definition) is 8. The molecule has 6 saturated heterocycles. The monoisotopic (exact) mass is 1860 g/mol. The van der Waals surface area contributed by atoms with Crippen molar-refractivity contribution in [2.24, 2.45) is 11.8 Å². The van der Waals surface area contributed by atoms with Gasteiger partial charge < -0.3 is 76.0 Å². The summed E-state index contributed by atoms with van der Waals surface area (Å²) in [6, 6.07) is 36.5. The molecule has 3 atom stereocenters. The molecule has 678 valence electrons. The van der Waals surface area contributed by atoms with Crippen molar-refractivity contribution in [3.63, 3.8) is 0 Å². The summed E-state index contributed by atoms with van der Waals surface area (Å²) >= 11 is 18.3. The van der Waals surface area contributed by atoms with Crippen LogP contribution in [0.15, 0.2) is 146 Å². The highest BCUT2D eigenvalue weighted by Gasteiger charge is 2.31. The van der Waals surface area contributed by atoms with Gasteiger partial charge in [0.25, 0.3) is 17.7 Å². The molecule has 0 radical (unpaired) electrons. The molecule has 6 aliphatic heterocycles. The fourth-order valence-corrected chi connectivity index (χ4v) is 15.7. The Kier molecular flexibility index (Phi) is 37.5. The lowest BCUT2D eigenvalue weighted by Crippen LogP contribution is -2.43. The number of ether oxygens (including phenoxy) is 4. The van der Waals surface area contributed by atoms with E-state index in [-0.39, 0.29) is 110 Å². The molecule has 9 aromatic rings.